The van der Waals surface area contributed by atoms with Crippen molar-refractivity contribution in [2.45, 2.75) is 17.5 Å². The SMILES string of the molecule is CS(=O)(=O)CCCSc1ccc(C#N)c(C(F)(F)F)c1. The fraction of sp³-hybridized carbons (Fsp3) is 0.417. The minimum atomic E-state index is -4.58. The topological polar surface area (TPSA) is 57.9 Å². The van der Waals surface area contributed by atoms with Gasteiger partial charge in [0.25, 0.3) is 0 Å². The first-order chi connectivity index (χ1) is 9.13. The van der Waals surface area contributed by atoms with E-state index in [1.807, 2.05) is 0 Å². The number of thioether (sulfide) groups is 1. The van der Waals surface area contributed by atoms with Crippen molar-refractivity contribution in [3.63, 3.8) is 0 Å². The van der Waals surface area contributed by atoms with E-state index in [1.165, 1.54) is 12.1 Å². The second-order valence-corrected chi connectivity index (χ2v) is 7.58. The molecule has 3 nitrogen and oxygen atoms in total. The maximum absolute atomic E-state index is 12.7. The summed E-state index contributed by atoms with van der Waals surface area (Å²) in [5, 5.41) is 8.65. The van der Waals surface area contributed by atoms with Gasteiger partial charge in [-0.15, -0.1) is 11.8 Å². The van der Waals surface area contributed by atoms with E-state index in [4.69, 9.17) is 5.26 Å². The van der Waals surface area contributed by atoms with Crippen molar-refractivity contribution in [3.8, 4) is 6.07 Å². The van der Waals surface area contributed by atoms with Crippen LogP contribution in [0, 0.1) is 11.3 Å². The van der Waals surface area contributed by atoms with E-state index in [-0.39, 0.29) is 5.75 Å². The van der Waals surface area contributed by atoms with Crippen LogP contribution >= 0.6 is 11.8 Å². The monoisotopic (exact) mass is 323 g/mol. The number of rotatable bonds is 5. The molecule has 0 radical (unpaired) electrons. The number of sulfone groups is 1. The van der Waals surface area contributed by atoms with Crippen LogP contribution in [0.25, 0.3) is 0 Å². The quantitative estimate of drug-likeness (QED) is 0.617. The molecule has 0 aliphatic carbocycles. The van der Waals surface area contributed by atoms with Gasteiger partial charge in [-0.1, -0.05) is 0 Å². The molecule has 0 atom stereocenters. The van der Waals surface area contributed by atoms with Gasteiger partial charge in [-0.25, -0.2) is 8.42 Å². The van der Waals surface area contributed by atoms with Crippen LogP contribution < -0.4 is 0 Å². The highest BCUT2D eigenvalue weighted by Crippen LogP contribution is 2.34. The maximum Gasteiger partial charge on any atom is 0.417 e. The van der Waals surface area contributed by atoms with Gasteiger partial charge in [-0.2, -0.15) is 18.4 Å². The molecular formula is C12H12F3NO2S2. The molecule has 0 saturated heterocycles. The van der Waals surface area contributed by atoms with Crippen LogP contribution in [0.15, 0.2) is 23.1 Å². The molecule has 110 valence electrons. The first-order valence-electron chi connectivity index (χ1n) is 5.55. The number of halogens is 3. The summed E-state index contributed by atoms with van der Waals surface area (Å²) in [5.41, 5.74) is -1.38. The van der Waals surface area contributed by atoms with Crippen molar-refractivity contribution in [2.75, 3.05) is 17.8 Å². The molecule has 0 bridgehead atoms. The molecule has 1 aromatic rings. The van der Waals surface area contributed by atoms with Crippen LogP contribution in [0.3, 0.4) is 0 Å². The van der Waals surface area contributed by atoms with Gasteiger partial charge in [-0.3, -0.25) is 0 Å². The highest BCUT2D eigenvalue weighted by atomic mass is 32.2. The summed E-state index contributed by atoms with van der Waals surface area (Å²) in [7, 11) is -3.06. The highest BCUT2D eigenvalue weighted by Gasteiger charge is 2.33. The fourth-order valence-corrected chi connectivity index (χ4v) is 3.20. The van der Waals surface area contributed by atoms with Crippen molar-refractivity contribution in [2.24, 2.45) is 0 Å². The molecule has 0 fully saturated rings. The third-order valence-electron chi connectivity index (χ3n) is 2.35. The Morgan fingerprint density at radius 2 is 2.00 bits per heavy atom. The number of hydrogen-bond acceptors (Lipinski definition) is 4. The van der Waals surface area contributed by atoms with Crippen LogP contribution in [0.5, 0.6) is 0 Å². The minimum Gasteiger partial charge on any atom is -0.229 e. The molecule has 0 aliphatic rings. The largest absolute Gasteiger partial charge is 0.417 e. The Bertz CT molecular complexity index is 619. The van der Waals surface area contributed by atoms with Crippen molar-refractivity contribution in [3.05, 3.63) is 29.3 Å². The van der Waals surface area contributed by atoms with E-state index in [0.29, 0.717) is 17.1 Å². The highest BCUT2D eigenvalue weighted by molar-refractivity contribution is 7.99. The lowest BCUT2D eigenvalue weighted by molar-refractivity contribution is -0.137. The third kappa shape index (κ3) is 5.43. The standard InChI is InChI=1S/C12H12F3NO2S2/c1-20(17,18)6-2-5-19-10-4-3-9(8-16)11(7-10)12(13,14)15/h3-4,7H,2,5-6H2,1H3. The Labute approximate surface area is 119 Å². The van der Waals surface area contributed by atoms with Gasteiger partial charge in [0.2, 0.25) is 0 Å². The van der Waals surface area contributed by atoms with Gasteiger partial charge in [0.1, 0.15) is 9.84 Å². The lowest BCUT2D eigenvalue weighted by Gasteiger charge is -2.10. The molecule has 1 aromatic carbocycles. The van der Waals surface area contributed by atoms with Gasteiger partial charge >= 0.3 is 6.18 Å². The van der Waals surface area contributed by atoms with E-state index < -0.39 is 27.1 Å². The van der Waals surface area contributed by atoms with Crippen LogP contribution in [0.4, 0.5) is 13.2 Å². The van der Waals surface area contributed by atoms with Crippen LogP contribution in [-0.2, 0) is 16.0 Å². The summed E-state index contributed by atoms with van der Waals surface area (Å²) in [5.74, 6) is 0.401. The smallest absolute Gasteiger partial charge is 0.229 e. The maximum atomic E-state index is 12.7. The van der Waals surface area contributed by atoms with Crippen molar-refractivity contribution in [1.82, 2.24) is 0 Å². The minimum absolute atomic E-state index is 0.00239. The summed E-state index contributed by atoms with van der Waals surface area (Å²) in [6, 6.07) is 4.98. The van der Waals surface area contributed by atoms with Crippen LogP contribution in [0.2, 0.25) is 0 Å². The van der Waals surface area contributed by atoms with Gasteiger partial charge in [0, 0.05) is 11.2 Å². The van der Waals surface area contributed by atoms with E-state index in [1.54, 1.807) is 0 Å². The zero-order valence-corrected chi connectivity index (χ0v) is 12.2. The second kappa shape index (κ2) is 6.50. The van der Waals surface area contributed by atoms with Gasteiger partial charge in [0.15, 0.2) is 0 Å². The summed E-state index contributed by atoms with van der Waals surface area (Å²) in [6.45, 7) is 0. The lowest BCUT2D eigenvalue weighted by Crippen LogP contribution is -2.08. The normalized spacial score (nSPS) is 12.2. The molecular weight excluding hydrogens is 311 g/mol. The van der Waals surface area contributed by atoms with Crippen molar-refractivity contribution < 1.29 is 21.6 Å². The zero-order chi connectivity index (χ0) is 15.4. The molecule has 8 heteroatoms. The average molecular weight is 323 g/mol. The van der Waals surface area contributed by atoms with E-state index >= 15 is 0 Å². The Kier molecular flexibility index (Phi) is 5.48. The molecule has 0 amide bonds. The molecule has 0 aromatic heterocycles. The lowest BCUT2D eigenvalue weighted by atomic mass is 10.1. The predicted octanol–water partition coefficient (Wildman–Crippen LogP) is 3.10. The Morgan fingerprint density at radius 1 is 1.35 bits per heavy atom. The van der Waals surface area contributed by atoms with E-state index in [0.717, 1.165) is 30.2 Å². The average Bonchev–Trinajstić information content (AvgIpc) is 2.32. The molecule has 1 rings (SSSR count). The second-order valence-electron chi connectivity index (χ2n) is 4.15. The molecule has 20 heavy (non-hydrogen) atoms. The number of nitriles is 1. The Balaban J connectivity index is 2.76. The molecule has 0 spiro atoms. The molecule has 0 heterocycles. The summed E-state index contributed by atoms with van der Waals surface area (Å²) in [6.07, 6.45) is -3.10. The van der Waals surface area contributed by atoms with E-state index in [2.05, 4.69) is 0 Å². The Hall–Kier alpha value is -1.20. The fourth-order valence-electron chi connectivity index (χ4n) is 1.46. The van der Waals surface area contributed by atoms with Gasteiger partial charge in [0.05, 0.1) is 22.9 Å². The van der Waals surface area contributed by atoms with E-state index in [9.17, 15) is 21.6 Å². The van der Waals surface area contributed by atoms with Gasteiger partial charge in [-0.05, 0) is 30.4 Å². The molecule has 0 N–H and O–H groups in total. The van der Waals surface area contributed by atoms with Crippen molar-refractivity contribution in [1.29, 1.82) is 5.26 Å². The number of alkyl halides is 3. The number of hydrogen-bond donors (Lipinski definition) is 0. The summed E-state index contributed by atoms with van der Waals surface area (Å²) in [4.78, 5) is 0.366. The Morgan fingerprint density at radius 3 is 2.50 bits per heavy atom. The molecule has 0 unspecified atom stereocenters. The molecule has 0 saturated carbocycles. The molecule has 0 aliphatic heterocycles. The first-order valence-corrected chi connectivity index (χ1v) is 8.60. The summed E-state index contributed by atoms with van der Waals surface area (Å²) >= 11 is 1.14. The summed E-state index contributed by atoms with van der Waals surface area (Å²) < 4.78 is 60.0. The first kappa shape index (κ1) is 16.9. The third-order valence-corrected chi connectivity index (χ3v) is 4.46. The van der Waals surface area contributed by atoms with Gasteiger partial charge < -0.3 is 0 Å². The number of nitrogens with zero attached hydrogens (tertiary/aromatic N) is 1. The van der Waals surface area contributed by atoms with Crippen LogP contribution in [-0.4, -0.2) is 26.2 Å². The zero-order valence-electron chi connectivity index (χ0n) is 10.6. The number of benzene rings is 1. The predicted molar refractivity (Wildman–Crippen MR) is 71.2 cm³/mol. The van der Waals surface area contributed by atoms with Crippen molar-refractivity contribution >= 4 is 21.6 Å². The van der Waals surface area contributed by atoms with Crippen LogP contribution in [0.1, 0.15) is 17.5 Å².